The average Bonchev–Trinajstić information content (AvgIpc) is 2.32. The molecule has 0 radical (unpaired) electrons. The van der Waals surface area contributed by atoms with Crippen molar-refractivity contribution in [1.82, 2.24) is 15.5 Å². The van der Waals surface area contributed by atoms with Gasteiger partial charge < -0.3 is 20.6 Å². The van der Waals surface area contributed by atoms with Crippen LogP contribution in [0.3, 0.4) is 0 Å². The summed E-state index contributed by atoms with van der Waals surface area (Å²) in [5.41, 5.74) is 0. The van der Waals surface area contributed by atoms with Gasteiger partial charge in [-0.2, -0.15) is 0 Å². The highest BCUT2D eigenvalue weighted by Crippen LogP contribution is 1.94. The van der Waals surface area contributed by atoms with Gasteiger partial charge in [0.25, 0.3) is 0 Å². The standard InChI is InChI=1S/C12H23N3O4/c1-5-9(11(17)18)14-12(19)15(4)7-10(16)13-6-8(2)3/h8-9H,5-7H2,1-4H3,(H,13,16)(H,14,19)(H,17,18)/t9-/m1/s1. The second-order valence-electron chi connectivity index (χ2n) is 4.80. The van der Waals surface area contributed by atoms with Crippen LogP contribution in [0.1, 0.15) is 27.2 Å². The van der Waals surface area contributed by atoms with Crippen molar-refractivity contribution in [1.29, 1.82) is 0 Å². The van der Waals surface area contributed by atoms with E-state index in [1.54, 1.807) is 6.92 Å². The van der Waals surface area contributed by atoms with E-state index in [0.717, 1.165) is 4.90 Å². The van der Waals surface area contributed by atoms with Crippen LogP contribution in [-0.4, -0.2) is 54.1 Å². The van der Waals surface area contributed by atoms with Crippen molar-refractivity contribution in [2.75, 3.05) is 20.1 Å². The van der Waals surface area contributed by atoms with Gasteiger partial charge >= 0.3 is 12.0 Å². The highest BCUT2D eigenvalue weighted by molar-refractivity contribution is 5.86. The molecule has 0 aromatic carbocycles. The minimum absolute atomic E-state index is 0.103. The monoisotopic (exact) mass is 273 g/mol. The first-order valence-electron chi connectivity index (χ1n) is 6.29. The molecule has 7 nitrogen and oxygen atoms in total. The smallest absolute Gasteiger partial charge is 0.326 e. The summed E-state index contributed by atoms with van der Waals surface area (Å²) in [5, 5.41) is 13.8. The van der Waals surface area contributed by atoms with E-state index in [2.05, 4.69) is 10.6 Å². The molecule has 0 aliphatic heterocycles. The van der Waals surface area contributed by atoms with Crippen molar-refractivity contribution in [3.63, 3.8) is 0 Å². The average molecular weight is 273 g/mol. The van der Waals surface area contributed by atoms with E-state index in [1.807, 2.05) is 13.8 Å². The summed E-state index contributed by atoms with van der Waals surface area (Å²) in [6.45, 7) is 6.04. The quantitative estimate of drug-likeness (QED) is 0.619. The van der Waals surface area contributed by atoms with Gasteiger partial charge in [0.15, 0.2) is 0 Å². The number of hydrogen-bond acceptors (Lipinski definition) is 3. The molecule has 0 aromatic heterocycles. The predicted molar refractivity (Wildman–Crippen MR) is 70.7 cm³/mol. The molecular formula is C12H23N3O4. The van der Waals surface area contributed by atoms with Crippen molar-refractivity contribution in [2.45, 2.75) is 33.2 Å². The summed E-state index contributed by atoms with van der Waals surface area (Å²) >= 11 is 0. The Hall–Kier alpha value is -1.79. The molecule has 0 aliphatic carbocycles. The number of likely N-dealkylation sites (N-methyl/N-ethyl adjacent to an activating group) is 1. The zero-order chi connectivity index (χ0) is 15.0. The summed E-state index contributed by atoms with van der Waals surface area (Å²) < 4.78 is 0. The Morgan fingerprint density at radius 1 is 1.26 bits per heavy atom. The molecule has 1 atom stereocenters. The number of carboxylic acids is 1. The van der Waals surface area contributed by atoms with Gasteiger partial charge in [-0.15, -0.1) is 0 Å². The number of hydrogen-bond donors (Lipinski definition) is 3. The summed E-state index contributed by atoms with van der Waals surface area (Å²) in [4.78, 5) is 35.1. The number of aliphatic carboxylic acids is 1. The lowest BCUT2D eigenvalue weighted by Gasteiger charge is -2.20. The first-order valence-corrected chi connectivity index (χ1v) is 6.29. The summed E-state index contributed by atoms with van der Waals surface area (Å²) in [6, 6.07) is -1.51. The van der Waals surface area contributed by atoms with Gasteiger partial charge in [-0.3, -0.25) is 4.79 Å². The van der Waals surface area contributed by atoms with Crippen LogP contribution in [0.5, 0.6) is 0 Å². The van der Waals surface area contributed by atoms with Crippen LogP contribution in [0.25, 0.3) is 0 Å². The van der Waals surface area contributed by atoms with Gasteiger partial charge in [-0.05, 0) is 12.3 Å². The number of nitrogens with one attached hydrogen (secondary N) is 2. The number of nitrogens with zero attached hydrogens (tertiary/aromatic N) is 1. The zero-order valence-corrected chi connectivity index (χ0v) is 11.9. The molecular weight excluding hydrogens is 250 g/mol. The van der Waals surface area contributed by atoms with Crippen molar-refractivity contribution in [3.05, 3.63) is 0 Å². The molecule has 110 valence electrons. The third kappa shape index (κ3) is 7.28. The van der Waals surface area contributed by atoms with Crippen molar-refractivity contribution >= 4 is 17.9 Å². The van der Waals surface area contributed by atoms with Crippen LogP contribution in [0.15, 0.2) is 0 Å². The van der Waals surface area contributed by atoms with E-state index in [-0.39, 0.29) is 18.9 Å². The molecule has 0 bridgehead atoms. The summed E-state index contributed by atoms with van der Waals surface area (Å²) in [7, 11) is 1.44. The van der Waals surface area contributed by atoms with Crippen LogP contribution >= 0.6 is 0 Å². The van der Waals surface area contributed by atoms with Gasteiger partial charge in [0.05, 0.1) is 0 Å². The second kappa shape index (κ2) is 8.34. The Morgan fingerprint density at radius 3 is 2.26 bits per heavy atom. The SMILES string of the molecule is CC[C@@H](NC(=O)N(C)CC(=O)NCC(C)C)C(=O)O. The zero-order valence-electron chi connectivity index (χ0n) is 11.9. The molecule has 7 heteroatoms. The number of urea groups is 1. The van der Waals surface area contributed by atoms with Crippen molar-refractivity contribution in [2.24, 2.45) is 5.92 Å². The molecule has 19 heavy (non-hydrogen) atoms. The van der Waals surface area contributed by atoms with E-state index in [0.29, 0.717) is 12.5 Å². The molecule has 0 aromatic rings. The lowest BCUT2D eigenvalue weighted by atomic mass is 10.2. The summed E-state index contributed by atoms with van der Waals surface area (Å²) in [6.07, 6.45) is 0.286. The molecule has 0 rings (SSSR count). The van der Waals surface area contributed by atoms with Gasteiger partial charge in [-0.1, -0.05) is 20.8 Å². The normalized spacial score (nSPS) is 11.8. The minimum atomic E-state index is -1.09. The van der Waals surface area contributed by atoms with Gasteiger partial charge in [0.2, 0.25) is 5.91 Å². The lowest BCUT2D eigenvalue weighted by Crippen LogP contribution is -2.49. The van der Waals surface area contributed by atoms with E-state index in [1.165, 1.54) is 7.05 Å². The molecule has 0 saturated carbocycles. The Kier molecular flexibility index (Phi) is 7.55. The first kappa shape index (κ1) is 17.2. The van der Waals surface area contributed by atoms with E-state index < -0.39 is 18.0 Å². The second-order valence-corrected chi connectivity index (χ2v) is 4.80. The molecule has 0 aliphatic rings. The maximum absolute atomic E-state index is 11.7. The van der Waals surface area contributed by atoms with Crippen LogP contribution in [0.2, 0.25) is 0 Å². The number of amides is 3. The third-order valence-electron chi connectivity index (χ3n) is 2.44. The van der Waals surface area contributed by atoms with E-state index >= 15 is 0 Å². The fourth-order valence-corrected chi connectivity index (χ4v) is 1.26. The molecule has 0 unspecified atom stereocenters. The van der Waals surface area contributed by atoms with Crippen LogP contribution in [-0.2, 0) is 9.59 Å². The molecule has 0 spiro atoms. The van der Waals surface area contributed by atoms with Gasteiger partial charge in [0.1, 0.15) is 12.6 Å². The van der Waals surface area contributed by atoms with Crippen LogP contribution < -0.4 is 10.6 Å². The van der Waals surface area contributed by atoms with Crippen molar-refractivity contribution in [3.8, 4) is 0 Å². The molecule has 0 heterocycles. The maximum atomic E-state index is 11.7. The minimum Gasteiger partial charge on any atom is -0.480 e. The number of rotatable bonds is 7. The largest absolute Gasteiger partial charge is 0.480 e. The topological polar surface area (TPSA) is 98.7 Å². The van der Waals surface area contributed by atoms with Crippen LogP contribution in [0, 0.1) is 5.92 Å². The van der Waals surface area contributed by atoms with Crippen molar-refractivity contribution < 1.29 is 19.5 Å². The Balaban J connectivity index is 4.19. The molecule has 3 N–H and O–H groups in total. The lowest BCUT2D eigenvalue weighted by molar-refractivity contribution is -0.139. The van der Waals surface area contributed by atoms with Gasteiger partial charge in [-0.25, -0.2) is 9.59 Å². The number of carboxylic acid groups (broad SMARTS) is 1. The Labute approximate surface area is 113 Å². The summed E-state index contributed by atoms with van der Waals surface area (Å²) in [5.74, 6) is -1.03. The van der Waals surface area contributed by atoms with Gasteiger partial charge in [0, 0.05) is 13.6 Å². The fourth-order valence-electron chi connectivity index (χ4n) is 1.26. The number of carbonyl (C=O) groups excluding carboxylic acids is 2. The third-order valence-corrected chi connectivity index (χ3v) is 2.44. The first-order chi connectivity index (χ1) is 8.77. The van der Waals surface area contributed by atoms with E-state index in [4.69, 9.17) is 5.11 Å². The van der Waals surface area contributed by atoms with Crippen LogP contribution in [0.4, 0.5) is 4.79 Å². The molecule has 3 amide bonds. The fraction of sp³-hybridized carbons (Fsp3) is 0.750. The highest BCUT2D eigenvalue weighted by Gasteiger charge is 2.20. The number of carbonyl (C=O) groups is 3. The molecule has 0 saturated heterocycles. The predicted octanol–water partition coefficient (Wildman–Crippen LogP) is 0.263. The van der Waals surface area contributed by atoms with E-state index in [9.17, 15) is 14.4 Å². The molecule has 0 fully saturated rings. The Morgan fingerprint density at radius 2 is 1.84 bits per heavy atom. The highest BCUT2D eigenvalue weighted by atomic mass is 16.4. The maximum Gasteiger partial charge on any atom is 0.326 e. The Bertz CT molecular complexity index is 331.